The summed E-state index contributed by atoms with van der Waals surface area (Å²) in [6.07, 6.45) is 2.27. The first-order valence-corrected chi connectivity index (χ1v) is 11.8. The quantitative estimate of drug-likeness (QED) is 0.452. The number of piperidine rings is 1. The van der Waals surface area contributed by atoms with E-state index in [4.69, 9.17) is 15.6 Å². The Morgan fingerprint density at radius 1 is 1.43 bits per heavy atom. The lowest BCUT2D eigenvalue weighted by Crippen LogP contribution is -2.49. The number of aliphatic imine (C=N–C) groups is 1. The molecule has 37 heavy (non-hydrogen) atoms. The summed E-state index contributed by atoms with van der Waals surface area (Å²) in [6, 6.07) is 6.87. The van der Waals surface area contributed by atoms with Crippen LogP contribution in [0.25, 0.3) is 11.4 Å². The van der Waals surface area contributed by atoms with E-state index in [0.29, 0.717) is 23.6 Å². The third-order valence-corrected chi connectivity index (χ3v) is 5.40. The molecule has 2 aromatic rings. The number of carbonyl (C=O) groups excluding carboxylic acids is 1. The van der Waals surface area contributed by atoms with E-state index in [1.807, 2.05) is 20.8 Å². The van der Waals surface area contributed by atoms with Crippen molar-refractivity contribution < 1.29 is 19.0 Å². The molecule has 0 unspecified atom stereocenters. The van der Waals surface area contributed by atoms with Crippen LogP contribution in [0.15, 0.2) is 41.4 Å². The fourth-order valence-electron chi connectivity index (χ4n) is 3.52. The van der Waals surface area contributed by atoms with Gasteiger partial charge in [0.15, 0.2) is 12.0 Å². The highest BCUT2D eigenvalue weighted by Crippen LogP contribution is 2.28. The number of hydrogen-bond donors (Lipinski definition) is 3. The van der Waals surface area contributed by atoms with E-state index in [2.05, 4.69) is 31.3 Å². The average molecular weight is 511 g/mol. The van der Waals surface area contributed by atoms with Crippen molar-refractivity contribution >= 4 is 18.1 Å². The van der Waals surface area contributed by atoms with Crippen molar-refractivity contribution in [3.05, 3.63) is 42.0 Å². The molecule has 11 nitrogen and oxygen atoms in total. The van der Waals surface area contributed by atoms with Gasteiger partial charge in [-0.05, 0) is 39.0 Å². The van der Waals surface area contributed by atoms with Gasteiger partial charge in [-0.2, -0.15) is 10.2 Å². The number of nitrogens with one attached hydrogen (secondary N) is 1. The van der Waals surface area contributed by atoms with Crippen molar-refractivity contribution in [1.82, 2.24) is 19.9 Å². The number of allylic oxidation sites excluding steroid dienone is 1. The van der Waals surface area contributed by atoms with Crippen molar-refractivity contribution in [1.29, 1.82) is 5.26 Å². The summed E-state index contributed by atoms with van der Waals surface area (Å²) >= 11 is 0. The summed E-state index contributed by atoms with van der Waals surface area (Å²) in [6.45, 7) is 5.77. The number of ether oxygens (including phenoxy) is 1. The van der Waals surface area contributed by atoms with Crippen LogP contribution in [0.1, 0.15) is 39.2 Å². The Bertz CT molecular complexity index is 1210. The van der Waals surface area contributed by atoms with Gasteiger partial charge < -0.3 is 25.8 Å². The molecule has 3 rings (SSSR count). The van der Waals surface area contributed by atoms with Crippen LogP contribution in [0, 0.1) is 11.3 Å². The van der Waals surface area contributed by atoms with E-state index in [1.54, 1.807) is 24.4 Å². The minimum absolute atomic E-state index is 0.0407. The molecule has 1 aromatic heterocycles. The van der Waals surface area contributed by atoms with Crippen LogP contribution in [-0.4, -0.2) is 74.6 Å². The normalized spacial score (nSPS) is 18.5. The standard InChI is InChI=1S/C25H31FN8O3/c1-25(2,3)31-13-18(12-28)32-24-30-15-29-23(33-24)16-4-5-20(17(10-16)11-27)37-21-6-8-34(14-19(21)26)22(36)7-9-35/h4-5,10,12-13,15,19,21,35H,6-9,14,28H2,1-3H3,(H,29,30,32,33)/t19-,21+/m1/s1. The Morgan fingerprint density at radius 2 is 2.22 bits per heavy atom. The molecule has 0 radical (unpaired) electrons. The molecule has 2 atom stereocenters. The van der Waals surface area contributed by atoms with Gasteiger partial charge in [-0.3, -0.25) is 9.79 Å². The number of benzene rings is 1. The maximum absolute atomic E-state index is 14.7. The van der Waals surface area contributed by atoms with Gasteiger partial charge in [0.05, 0.1) is 30.0 Å². The number of amides is 1. The zero-order valence-corrected chi connectivity index (χ0v) is 21.1. The molecule has 1 saturated heterocycles. The third-order valence-electron chi connectivity index (χ3n) is 5.40. The summed E-state index contributed by atoms with van der Waals surface area (Å²) in [4.78, 5) is 30.4. The van der Waals surface area contributed by atoms with Gasteiger partial charge in [0.2, 0.25) is 11.9 Å². The maximum Gasteiger partial charge on any atom is 0.230 e. The maximum atomic E-state index is 14.7. The molecular weight excluding hydrogens is 479 g/mol. The van der Waals surface area contributed by atoms with Crippen LogP contribution in [0.3, 0.4) is 0 Å². The fourth-order valence-corrected chi connectivity index (χ4v) is 3.52. The van der Waals surface area contributed by atoms with Crippen LogP contribution in [0.2, 0.25) is 0 Å². The highest BCUT2D eigenvalue weighted by Gasteiger charge is 2.33. The molecule has 1 aliphatic rings. The van der Waals surface area contributed by atoms with E-state index in [-0.39, 0.29) is 54.7 Å². The van der Waals surface area contributed by atoms with Gasteiger partial charge in [-0.15, -0.1) is 0 Å². The molecule has 0 spiro atoms. The van der Waals surface area contributed by atoms with E-state index < -0.39 is 12.3 Å². The number of likely N-dealkylation sites (tertiary alicyclic amines) is 1. The first-order valence-electron chi connectivity index (χ1n) is 11.8. The van der Waals surface area contributed by atoms with E-state index in [9.17, 15) is 14.4 Å². The lowest BCUT2D eigenvalue weighted by Gasteiger charge is -2.34. The minimum atomic E-state index is -1.42. The number of rotatable bonds is 8. The highest BCUT2D eigenvalue weighted by molar-refractivity contribution is 5.82. The molecule has 1 amide bonds. The van der Waals surface area contributed by atoms with E-state index in [1.165, 1.54) is 17.4 Å². The second kappa shape index (κ2) is 12.2. The summed E-state index contributed by atoms with van der Waals surface area (Å²) < 4.78 is 20.6. The Balaban J connectivity index is 1.73. The zero-order valence-electron chi connectivity index (χ0n) is 21.1. The smallest absolute Gasteiger partial charge is 0.230 e. The minimum Gasteiger partial charge on any atom is -0.486 e. The van der Waals surface area contributed by atoms with Gasteiger partial charge in [-0.1, -0.05) is 0 Å². The molecule has 0 bridgehead atoms. The predicted octanol–water partition coefficient (Wildman–Crippen LogP) is 2.19. The molecule has 0 aliphatic carbocycles. The number of halogens is 1. The van der Waals surface area contributed by atoms with Gasteiger partial charge in [0.1, 0.15) is 24.3 Å². The van der Waals surface area contributed by atoms with Crippen molar-refractivity contribution in [3.8, 4) is 23.2 Å². The number of nitriles is 1. The van der Waals surface area contributed by atoms with Crippen molar-refractivity contribution in [2.24, 2.45) is 10.7 Å². The molecule has 1 aliphatic heterocycles. The Labute approximate surface area is 214 Å². The number of aliphatic hydroxyl groups is 1. The Hall–Kier alpha value is -4.11. The van der Waals surface area contributed by atoms with Crippen LogP contribution < -0.4 is 15.8 Å². The molecule has 12 heteroatoms. The van der Waals surface area contributed by atoms with Crippen LogP contribution in [-0.2, 0) is 4.79 Å². The second-order valence-corrected chi connectivity index (χ2v) is 9.41. The molecule has 196 valence electrons. The van der Waals surface area contributed by atoms with E-state index in [0.717, 1.165) is 0 Å². The summed E-state index contributed by atoms with van der Waals surface area (Å²) in [5.74, 6) is 0.480. The monoisotopic (exact) mass is 510 g/mol. The first-order chi connectivity index (χ1) is 17.6. The molecule has 1 fully saturated rings. The highest BCUT2D eigenvalue weighted by atomic mass is 19.1. The number of nitrogens with zero attached hydrogens (tertiary/aromatic N) is 6. The third kappa shape index (κ3) is 7.68. The molecule has 2 heterocycles. The van der Waals surface area contributed by atoms with Gasteiger partial charge in [0.25, 0.3) is 0 Å². The predicted molar refractivity (Wildman–Crippen MR) is 136 cm³/mol. The number of carbonyl (C=O) groups is 1. The van der Waals surface area contributed by atoms with Crippen molar-refractivity contribution in [2.45, 2.75) is 51.4 Å². The summed E-state index contributed by atoms with van der Waals surface area (Å²) in [5.41, 5.74) is 6.63. The Kier molecular flexibility index (Phi) is 9.08. The second-order valence-electron chi connectivity index (χ2n) is 9.41. The van der Waals surface area contributed by atoms with Crippen molar-refractivity contribution in [3.63, 3.8) is 0 Å². The molecule has 4 N–H and O–H groups in total. The summed E-state index contributed by atoms with van der Waals surface area (Å²) in [5, 5.41) is 21.6. The van der Waals surface area contributed by atoms with Gasteiger partial charge in [-0.25, -0.2) is 14.4 Å². The van der Waals surface area contributed by atoms with Gasteiger partial charge >= 0.3 is 0 Å². The number of nitrogens with two attached hydrogens (primary N) is 1. The number of aromatic nitrogens is 3. The lowest BCUT2D eigenvalue weighted by atomic mass is 10.0. The first kappa shape index (κ1) is 27.5. The van der Waals surface area contributed by atoms with Crippen LogP contribution >= 0.6 is 0 Å². The van der Waals surface area contributed by atoms with Crippen molar-refractivity contribution in [2.75, 3.05) is 25.0 Å². The largest absolute Gasteiger partial charge is 0.486 e. The number of anilines is 1. The number of hydrogen-bond acceptors (Lipinski definition) is 10. The van der Waals surface area contributed by atoms with Crippen LogP contribution in [0.4, 0.5) is 10.3 Å². The fraction of sp³-hybridized carbons (Fsp3) is 0.440. The van der Waals surface area contributed by atoms with Crippen LogP contribution in [0.5, 0.6) is 5.75 Å². The Morgan fingerprint density at radius 3 is 2.86 bits per heavy atom. The average Bonchev–Trinajstić information content (AvgIpc) is 2.87. The SMILES string of the molecule is CC(C)(C)N=CC(=CN)Nc1ncnc(-c2ccc(O[C@H]3CCN(C(=O)CCO)C[C@H]3F)c(C#N)c2)n1. The molecule has 1 aromatic carbocycles. The lowest BCUT2D eigenvalue weighted by molar-refractivity contribution is -0.135. The van der Waals surface area contributed by atoms with E-state index >= 15 is 0 Å². The molecule has 0 saturated carbocycles. The molecular formula is C25H31FN8O3. The summed E-state index contributed by atoms with van der Waals surface area (Å²) in [7, 11) is 0. The number of aliphatic hydroxyl groups excluding tert-OH is 1. The number of alkyl halides is 1. The van der Waals surface area contributed by atoms with Gasteiger partial charge in [0, 0.05) is 37.4 Å². The zero-order chi connectivity index (χ0) is 27.0. The topological polar surface area (TPSA) is 163 Å².